The molecule has 0 bridgehead atoms. The van der Waals surface area contributed by atoms with E-state index in [4.69, 9.17) is 14.2 Å². The summed E-state index contributed by atoms with van der Waals surface area (Å²) in [6.07, 6.45) is 88.6. The van der Waals surface area contributed by atoms with E-state index in [1.165, 1.54) is 283 Å². The Balaban J connectivity index is 4.23. The molecule has 0 saturated carbocycles. The summed E-state index contributed by atoms with van der Waals surface area (Å²) < 4.78 is 17.0. The minimum absolute atomic E-state index is 0.0736. The van der Waals surface area contributed by atoms with Crippen molar-refractivity contribution in [3.8, 4) is 0 Å². The van der Waals surface area contributed by atoms with Crippen molar-refractivity contribution < 1.29 is 28.6 Å². The maximum Gasteiger partial charge on any atom is 0.306 e. The Hall–Kier alpha value is -2.63. The number of ether oxygens (including phenoxy) is 3. The van der Waals surface area contributed by atoms with E-state index in [2.05, 4.69) is 69.4 Å². The highest BCUT2D eigenvalue weighted by molar-refractivity contribution is 5.71. The lowest BCUT2D eigenvalue weighted by atomic mass is 10.0. The predicted octanol–water partition coefficient (Wildman–Crippen LogP) is 24.9. The molecule has 1 unspecified atom stereocenters. The van der Waals surface area contributed by atoms with E-state index in [9.17, 15) is 14.4 Å². The summed E-state index contributed by atoms with van der Waals surface area (Å²) >= 11 is 0. The van der Waals surface area contributed by atoms with Crippen LogP contribution in [0.3, 0.4) is 0 Å². The van der Waals surface area contributed by atoms with Crippen molar-refractivity contribution in [2.24, 2.45) is 0 Å². The van der Waals surface area contributed by atoms with Gasteiger partial charge in [-0.25, -0.2) is 0 Å². The van der Waals surface area contributed by atoms with Crippen LogP contribution in [0.5, 0.6) is 0 Å². The number of hydrogen-bond acceptors (Lipinski definition) is 6. The van der Waals surface area contributed by atoms with Crippen molar-refractivity contribution in [1.29, 1.82) is 0 Å². The molecular weight excluding hydrogens is 997 g/mol. The smallest absolute Gasteiger partial charge is 0.306 e. The molecule has 0 fully saturated rings. The number of esters is 3. The van der Waals surface area contributed by atoms with Crippen LogP contribution >= 0.6 is 0 Å². The molecule has 0 amide bonds. The zero-order valence-electron chi connectivity index (χ0n) is 54.6. The van der Waals surface area contributed by atoms with E-state index >= 15 is 0 Å². The minimum Gasteiger partial charge on any atom is -0.462 e. The number of carbonyl (C=O) groups excluding carboxylic acids is 3. The zero-order valence-corrected chi connectivity index (χ0v) is 54.6. The van der Waals surface area contributed by atoms with Gasteiger partial charge in [0.1, 0.15) is 13.2 Å². The molecule has 6 heteroatoms. The van der Waals surface area contributed by atoms with Gasteiger partial charge in [-0.3, -0.25) is 14.4 Å². The first kappa shape index (κ1) is 78.4. The van der Waals surface area contributed by atoms with E-state index in [0.29, 0.717) is 19.3 Å². The fourth-order valence-electron chi connectivity index (χ4n) is 10.8. The van der Waals surface area contributed by atoms with Crippen LogP contribution in [-0.4, -0.2) is 37.2 Å². The molecule has 0 aromatic carbocycles. The molecule has 474 valence electrons. The highest BCUT2D eigenvalue weighted by atomic mass is 16.6. The van der Waals surface area contributed by atoms with Gasteiger partial charge in [-0.15, -0.1) is 0 Å². The van der Waals surface area contributed by atoms with Gasteiger partial charge in [0.2, 0.25) is 0 Å². The lowest BCUT2D eigenvalue weighted by Gasteiger charge is -2.18. The molecule has 0 aliphatic heterocycles. The molecule has 0 radical (unpaired) electrons. The van der Waals surface area contributed by atoms with E-state index in [0.717, 1.165) is 70.6 Å². The van der Waals surface area contributed by atoms with Gasteiger partial charge in [-0.1, -0.05) is 320 Å². The van der Waals surface area contributed by atoms with E-state index in [1.807, 2.05) is 0 Å². The Kier molecular flexibility index (Phi) is 67.6. The van der Waals surface area contributed by atoms with Crippen molar-refractivity contribution in [2.75, 3.05) is 13.2 Å². The summed E-state index contributed by atoms with van der Waals surface area (Å²) in [6.45, 7) is 6.67. The van der Waals surface area contributed by atoms with Crippen LogP contribution in [0.4, 0.5) is 0 Å². The Morgan fingerprint density at radius 1 is 0.247 bits per heavy atom. The number of carbonyl (C=O) groups is 3. The van der Waals surface area contributed by atoms with Gasteiger partial charge in [0.05, 0.1) is 0 Å². The molecule has 6 nitrogen and oxygen atoms in total. The summed E-state index contributed by atoms with van der Waals surface area (Å²) in [5, 5.41) is 0. The quantitative estimate of drug-likeness (QED) is 0.0261. The maximum atomic E-state index is 12.9. The molecule has 0 spiro atoms. The lowest BCUT2D eigenvalue weighted by molar-refractivity contribution is -0.167. The third-order valence-electron chi connectivity index (χ3n) is 16.3. The molecule has 0 heterocycles. The average molecular weight is 1140 g/mol. The van der Waals surface area contributed by atoms with Crippen molar-refractivity contribution in [1.82, 2.24) is 0 Å². The van der Waals surface area contributed by atoms with Gasteiger partial charge in [0.25, 0.3) is 0 Å². The van der Waals surface area contributed by atoms with E-state index in [-0.39, 0.29) is 31.1 Å². The maximum absolute atomic E-state index is 12.9. The summed E-state index contributed by atoms with van der Waals surface area (Å²) in [5.41, 5.74) is 0. The van der Waals surface area contributed by atoms with Crippen LogP contribution in [0.25, 0.3) is 0 Å². The molecule has 1 atom stereocenters. The second-order valence-corrected chi connectivity index (χ2v) is 24.5. The molecule has 0 saturated heterocycles. The molecule has 0 N–H and O–H groups in total. The molecule has 0 rings (SSSR count). The average Bonchev–Trinajstić information content (AvgIpc) is 3.47. The highest BCUT2D eigenvalue weighted by Crippen LogP contribution is 2.18. The third-order valence-corrected chi connectivity index (χ3v) is 16.3. The Morgan fingerprint density at radius 2 is 0.444 bits per heavy atom. The van der Waals surface area contributed by atoms with Gasteiger partial charge in [0, 0.05) is 19.3 Å². The number of hydrogen-bond donors (Lipinski definition) is 0. The monoisotopic (exact) mass is 1140 g/mol. The van der Waals surface area contributed by atoms with Gasteiger partial charge in [-0.2, -0.15) is 0 Å². The Morgan fingerprint density at radius 3 is 0.716 bits per heavy atom. The van der Waals surface area contributed by atoms with Crippen molar-refractivity contribution in [3.63, 3.8) is 0 Å². The van der Waals surface area contributed by atoms with Gasteiger partial charge >= 0.3 is 17.9 Å². The zero-order chi connectivity index (χ0) is 58.5. The topological polar surface area (TPSA) is 78.9 Å². The van der Waals surface area contributed by atoms with Crippen LogP contribution in [0.1, 0.15) is 393 Å². The molecule has 81 heavy (non-hydrogen) atoms. The van der Waals surface area contributed by atoms with Crippen LogP contribution in [0.15, 0.2) is 48.6 Å². The van der Waals surface area contributed by atoms with Crippen molar-refractivity contribution >= 4 is 17.9 Å². The third kappa shape index (κ3) is 68.0. The van der Waals surface area contributed by atoms with Gasteiger partial charge in [0.15, 0.2) is 6.10 Å². The molecular formula is C75H138O6. The minimum atomic E-state index is -0.779. The molecule has 0 aromatic rings. The van der Waals surface area contributed by atoms with Crippen molar-refractivity contribution in [3.05, 3.63) is 48.6 Å². The van der Waals surface area contributed by atoms with Gasteiger partial charge in [-0.05, 0) is 103 Å². The van der Waals surface area contributed by atoms with E-state index in [1.54, 1.807) is 0 Å². The van der Waals surface area contributed by atoms with Crippen LogP contribution < -0.4 is 0 Å². The summed E-state index contributed by atoms with van der Waals surface area (Å²) in [4.78, 5) is 38.4. The van der Waals surface area contributed by atoms with Crippen LogP contribution in [-0.2, 0) is 28.6 Å². The Labute approximate surface area is 505 Å². The normalized spacial score (nSPS) is 12.3. The molecule has 0 aliphatic rings. The van der Waals surface area contributed by atoms with E-state index < -0.39 is 6.10 Å². The van der Waals surface area contributed by atoms with Gasteiger partial charge < -0.3 is 14.2 Å². The van der Waals surface area contributed by atoms with Crippen molar-refractivity contribution in [2.45, 2.75) is 399 Å². The number of rotatable bonds is 67. The summed E-state index contributed by atoms with van der Waals surface area (Å²) in [5.74, 6) is -0.861. The standard InChI is InChI=1S/C75H138O6/c1-4-7-10-13-16-19-22-25-28-30-32-33-34-35-36-37-38-39-40-41-43-44-47-50-53-56-59-62-65-68-74(77)80-71-72(70-79-73(76)67-64-61-58-55-52-49-46-27-24-21-18-15-12-9-6-3)81-75(78)69-66-63-60-57-54-51-48-45-42-31-29-26-23-20-17-14-11-8-5-2/h17,20,26-27,29-30,32,46,72H,4-16,18-19,21-25,28,31,33-45,47-71H2,1-3H3/b20-17-,29-26-,32-30-,46-27-. The first-order valence-electron chi connectivity index (χ1n) is 36.1. The first-order chi connectivity index (χ1) is 40.0. The second kappa shape index (κ2) is 69.9. The molecule has 0 aliphatic carbocycles. The predicted molar refractivity (Wildman–Crippen MR) is 353 cm³/mol. The summed E-state index contributed by atoms with van der Waals surface area (Å²) in [6, 6.07) is 0. The fraction of sp³-hybridized carbons (Fsp3) is 0.853. The van der Waals surface area contributed by atoms with Crippen LogP contribution in [0.2, 0.25) is 0 Å². The Bertz CT molecular complexity index is 1400. The second-order valence-electron chi connectivity index (χ2n) is 24.5. The number of unbranched alkanes of at least 4 members (excludes halogenated alkanes) is 48. The number of allylic oxidation sites excluding steroid dienone is 8. The fourth-order valence-corrected chi connectivity index (χ4v) is 10.8. The largest absolute Gasteiger partial charge is 0.462 e. The SMILES string of the molecule is CCCCC/C=C\C/C=C\CCCCCCCCCCCC(=O)OC(COC(=O)CCCCCCC/C=C\CCCCCCCC)COC(=O)CCCCCCCCCCCCCCCCCCC/C=C\CCCCCCCCCC. The summed E-state index contributed by atoms with van der Waals surface area (Å²) in [7, 11) is 0. The highest BCUT2D eigenvalue weighted by Gasteiger charge is 2.19. The lowest BCUT2D eigenvalue weighted by Crippen LogP contribution is -2.30. The van der Waals surface area contributed by atoms with Crippen LogP contribution in [0, 0.1) is 0 Å². The molecule has 0 aromatic heterocycles. The first-order valence-corrected chi connectivity index (χ1v) is 36.1.